The van der Waals surface area contributed by atoms with E-state index >= 15 is 0 Å². The van der Waals surface area contributed by atoms with Gasteiger partial charge in [-0.05, 0) is 62.4 Å². The molecule has 6 nitrogen and oxygen atoms in total. The average molecular weight is 515 g/mol. The number of nitrogens with zero attached hydrogens (tertiary/aromatic N) is 2. The molecule has 1 aliphatic carbocycles. The summed E-state index contributed by atoms with van der Waals surface area (Å²) in [5.41, 5.74) is 1.08. The fourth-order valence-electron chi connectivity index (χ4n) is 4.84. The number of aryl methyl sites for hydroxylation is 1. The minimum absolute atomic E-state index is 0.0155. The average Bonchev–Trinajstić information content (AvgIpc) is 3.32. The molecule has 1 aromatic heterocycles. The van der Waals surface area contributed by atoms with Crippen molar-refractivity contribution in [3.8, 4) is 11.5 Å². The van der Waals surface area contributed by atoms with Gasteiger partial charge in [0.2, 0.25) is 11.8 Å². The van der Waals surface area contributed by atoms with Crippen LogP contribution in [0.15, 0.2) is 30.3 Å². The molecular formula is C29H42N2O4S. The van der Waals surface area contributed by atoms with Crippen LogP contribution in [0.1, 0.15) is 67.2 Å². The summed E-state index contributed by atoms with van der Waals surface area (Å²) in [5.74, 6) is 1.63. The molecule has 1 heterocycles. The van der Waals surface area contributed by atoms with E-state index in [9.17, 15) is 9.59 Å². The number of methoxy groups -OCH3 is 2. The Morgan fingerprint density at radius 3 is 2.36 bits per heavy atom. The molecule has 0 spiro atoms. The molecule has 0 aliphatic heterocycles. The highest BCUT2D eigenvalue weighted by Crippen LogP contribution is 2.28. The summed E-state index contributed by atoms with van der Waals surface area (Å²) in [7, 11) is 3.25. The Hall–Kier alpha value is -2.54. The Labute approximate surface area is 220 Å². The number of hydrogen-bond donors (Lipinski definition) is 0. The second-order valence-electron chi connectivity index (χ2n) is 9.72. The van der Waals surface area contributed by atoms with Crippen LogP contribution in [0.5, 0.6) is 11.5 Å². The fraction of sp³-hybridized carbons (Fsp3) is 0.586. The third-order valence-corrected chi connectivity index (χ3v) is 7.97. The standard InChI is InChI=1S/C29H42N2O4S/c1-5-6-17-31(29(33)24-10-8-7-9-11-24)21-28(32)30(20-25-14-12-22(2)36-25)18-16-23-13-15-26(34-3)27(19-23)35-4/h12-15,19,24H,5-11,16-18,20-21H2,1-4H3. The van der Waals surface area contributed by atoms with E-state index in [0.29, 0.717) is 37.6 Å². The zero-order valence-corrected chi connectivity index (χ0v) is 23.2. The normalized spacial score (nSPS) is 13.9. The van der Waals surface area contributed by atoms with Crippen molar-refractivity contribution in [2.45, 2.75) is 71.8 Å². The van der Waals surface area contributed by atoms with Crippen LogP contribution in [0, 0.1) is 12.8 Å². The molecule has 1 fully saturated rings. The summed E-state index contributed by atoms with van der Waals surface area (Å²) < 4.78 is 10.8. The fourth-order valence-corrected chi connectivity index (χ4v) is 5.74. The molecule has 0 saturated heterocycles. The first-order chi connectivity index (χ1) is 17.4. The molecule has 2 aromatic rings. The first-order valence-corrected chi connectivity index (χ1v) is 14.1. The van der Waals surface area contributed by atoms with E-state index in [-0.39, 0.29) is 24.3 Å². The van der Waals surface area contributed by atoms with Gasteiger partial charge in [0.05, 0.1) is 27.3 Å². The molecule has 0 bridgehead atoms. The van der Waals surface area contributed by atoms with Gasteiger partial charge in [0.15, 0.2) is 11.5 Å². The number of ether oxygens (including phenoxy) is 2. The third kappa shape index (κ3) is 7.99. The SMILES string of the molecule is CCCCN(CC(=O)N(CCc1ccc(OC)c(OC)c1)Cc1ccc(C)s1)C(=O)C1CCCCC1. The summed E-state index contributed by atoms with van der Waals surface area (Å²) in [6, 6.07) is 10.1. The Balaban J connectivity index is 1.74. The lowest BCUT2D eigenvalue weighted by Crippen LogP contribution is -2.45. The van der Waals surface area contributed by atoms with Gasteiger partial charge >= 0.3 is 0 Å². The number of amides is 2. The number of carbonyl (C=O) groups is 2. The molecule has 1 aromatic carbocycles. The number of rotatable bonds is 13. The predicted molar refractivity (Wildman–Crippen MR) is 146 cm³/mol. The van der Waals surface area contributed by atoms with Gasteiger partial charge in [-0.25, -0.2) is 0 Å². The molecule has 198 valence electrons. The van der Waals surface area contributed by atoms with Gasteiger partial charge in [-0.15, -0.1) is 11.3 Å². The van der Waals surface area contributed by atoms with Gasteiger partial charge < -0.3 is 19.3 Å². The highest BCUT2D eigenvalue weighted by Gasteiger charge is 2.28. The van der Waals surface area contributed by atoms with Crippen LogP contribution in [-0.2, 0) is 22.6 Å². The second-order valence-corrected chi connectivity index (χ2v) is 11.1. The van der Waals surface area contributed by atoms with Gasteiger partial charge in [0.25, 0.3) is 0 Å². The van der Waals surface area contributed by atoms with E-state index in [1.165, 1.54) is 11.3 Å². The third-order valence-electron chi connectivity index (χ3n) is 6.99. The zero-order chi connectivity index (χ0) is 25.9. The predicted octanol–water partition coefficient (Wildman–Crippen LogP) is 5.85. The topological polar surface area (TPSA) is 59.1 Å². The van der Waals surface area contributed by atoms with Gasteiger partial charge in [0.1, 0.15) is 0 Å². The summed E-state index contributed by atoms with van der Waals surface area (Å²) in [5, 5.41) is 0. The first kappa shape index (κ1) is 28.0. The van der Waals surface area contributed by atoms with Crippen LogP contribution >= 0.6 is 11.3 Å². The van der Waals surface area contributed by atoms with E-state index in [0.717, 1.165) is 49.0 Å². The summed E-state index contributed by atoms with van der Waals surface area (Å²) in [6.07, 6.45) is 7.95. The van der Waals surface area contributed by atoms with E-state index in [1.807, 2.05) is 28.0 Å². The van der Waals surface area contributed by atoms with Crippen molar-refractivity contribution >= 4 is 23.2 Å². The summed E-state index contributed by atoms with van der Waals surface area (Å²) in [4.78, 5) is 33.2. The van der Waals surface area contributed by atoms with Crippen LogP contribution < -0.4 is 9.47 Å². The zero-order valence-electron chi connectivity index (χ0n) is 22.4. The lowest BCUT2D eigenvalue weighted by Gasteiger charge is -2.31. The van der Waals surface area contributed by atoms with Crippen LogP contribution in [0.25, 0.3) is 0 Å². The van der Waals surface area contributed by atoms with E-state index in [1.54, 1.807) is 25.6 Å². The highest BCUT2D eigenvalue weighted by molar-refractivity contribution is 7.11. The van der Waals surface area contributed by atoms with Gasteiger partial charge in [0, 0.05) is 28.8 Å². The molecule has 1 aliphatic rings. The van der Waals surface area contributed by atoms with Crippen molar-refractivity contribution in [2.75, 3.05) is 33.9 Å². The molecule has 0 atom stereocenters. The van der Waals surface area contributed by atoms with Crippen LogP contribution in [0.3, 0.4) is 0 Å². The number of hydrogen-bond acceptors (Lipinski definition) is 5. The number of thiophene rings is 1. The molecular weight excluding hydrogens is 472 g/mol. The van der Waals surface area contributed by atoms with Gasteiger partial charge in [-0.1, -0.05) is 38.7 Å². The second kappa shape index (κ2) is 14.3. The Bertz CT molecular complexity index is 983. The van der Waals surface area contributed by atoms with E-state index < -0.39 is 0 Å². The minimum Gasteiger partial charge on any atom is -0.493 e. The first-order valence-electron chi connectivity index (χ1n) is 13.3. The molecule has 1 saturated carbocycles. The quantitative estimate of drug-likeness (QED) is 0.336. The number of benzene rings is 1. The van der Waals surface area contributed by atoms with E-state index in [4.69, 9.17) is 9.47 Å². The minimum atomic E-state index is 0.0155. The lowest BCUT2D eigenvalue weighted by molar-refractivity contribution is -0.144. The van der Waals surface area contributed by atoms with Gasteiger partial charge in [-0.3, -0.25) is 9.59 Å². The van der Waals surface area contributed by atoms with Crippen molar-refractivity contribution in [3.05, 3.63) is 45.6 Å². The Kier molecular flexibility index (Phi) is 11.1. The van der Waals surface area contributed by atoms with Crippen LogP contribution in [-0.4, -0.2) is 55.5 Å². The number of unbranched alkanes of at least 4 members (excludes halogenated alkanes) is 1. The van der Waals surface area contributed by atoms with Crippen molar-refractivity contribution in [1.29, 1.82) is 0 Å². The lowest BCUT2D eigenvalue weighted by atomic mass is 9.88. The molecule has 3 rings (SSSR count). The molecule has 0 radical (unpaired) electrons. The molecule has 7 heteroatoms. The molecule has 0 unspecified atom stereocenters. The highest BCUT2D eigenvalue weighted by atomic mass is 32.1. The van der Waals surface area contributed by atoms with Crippen molar-refractivity contribution in [1.82, 2.24) is 9.80 Å². The van der Waals surface area contributed by atoms with Crippen molar-refractivity contribution in [3.63, 3.8) is 0 Å². The largest absolute Gasteiger partial charge is 0.493 e. The maximum absolute atomic E-state index is 13.7. The molecule has 2 amide bonds. The number of carbonyl (C=O) groups excluding carboxylic acids is 2. The summed E-state index contributed by atoms with van der Waals surface area (Å²) >= 11 is 1.72. The Morgan fingerprint density at radius 1 is 0.972 bits per heavy atom. The maximum Gasteiger partial charge on any atom is 0.242 e. The van der Waals surface area contributed by atoms with Gasteiger partial charge in [-0.2, -0.15) is 0 Å². The summed E-state index contributed by atoms with van der Waals surface area (Å²) in [6.45, 7) is 6.15. The molecule has 0 N–H and O–H groups in total. The molecule has 36 heavy (non-hydrogen) atoms. The van der Waals surface area contributed by atoms with E-state index in [2.05, 4.69) is 26.0 Å². The van der Waals surface area contributed by atoms with Crippen LogP contribution in [0.4, 0.5) is 0 Å². The smallest absolute Gasteiger partial charge is 0.242 e. The maximum atomic E-state index is 13.7. The Morgan fingerprint density at radius 2 is 1.72 bits per heavy atom. The van der Waals surface area contributed by atoms with Crippen LogP contribution in [0.2, 0.25) is 0 Å². The van der Waals surface area contributed by atoms with Crippen molar-refractivity contribution < 1.29 is 19.1 Å². The monoisotopic (exact) mass is 514 g/mol. The van der Waals surface area contributed by atoms with Crippen molar-refractivity contribution in [2.24, 2.45) is 5.92 Å².